The van der Waals surface area contributed by atoms with E-state index in [4.69, 9.17) is 4.42 Å². The van der Waals surface area contributed by atoms with Crippen molar-refractivity contribution in [3.63, 3.8) is 0 Å². The average molecular weight is 425 g/mol. The molecule has 1 aliphatic rings. The summed E-state index contributed by atoms with van der Waals surface area (Å²) < 4.78 is 8.13. The highest BCUT2D eigenvalue weighted by molar-refractivity contribution is 7.98. The summed E-state index contributed by atoms with van der Waals surface area (Å²) in [6.07, 6.45) is 6.92. The first-order chi connectivity index (χ1) is 14.2. The molecule has 4 aromatic rings. The lowest BCUT2D eigenvalue weighted by atomic mass is 10.2. The number of nitrogens with zero attached hydrogens (tertiary/aromatic N) is 6. The molecular weight excluding hydrogens is 404 g/mol. The highest BCUT2D eigenvalue weighted by Crippen LogP contribution is 2.41. The van der Waals surface area contributed by atoms with E-state index < -0.39 is 0 Å². The molecule has 1 aliphatic carbocycles. The number of hydrogen-bond acceptors (Lipinski definition) is 8. The van der Waals surface area contributed by atoms with Crippen molar-refractivity contribution in [3.8, 4) is 22.2 Å². The molecule has 148 valence electrons. The van der Waals surface area contributed by atoms with Gasteiger partial charge in [-0.05, 0) is 49.9 Å². The molecule has 29 heavy (non-hydrogen) atoms. The summed E-state index contributed by atoms with van der Waals surface area (Å²) in [4.78, 5) is 6.60. The van der Waals surface area contributed by atoms with Gasteiger partial charge in [0.1, 0.15) is 0 Å². The van der Waals surface area contributed by atoms with Crippen LogP contribution in [0.1, 0.15) is 42.1 Å². The lowest BCUT2D eigenvalue weighted by Crippen LogP contribution is -2.00. The molecule has 0 aliphatic heterocycles. The standard InChI is InChI=1S/C20H20N6OS2/c1-3-15-12(2)9-16(29-15)19-24-22-17(27-19)11-28-20-25-23-18(26(20)14-6-7-14)13-5-4-8-21-10-13/h4-5,8-10,14H,3,6-7,11H2,1-2H3. The molecule has 5 rings (SSSR count). The van der Waals surface area contributed by atoms with E-state index in [2.05, 4.69) is 49.9 Å². The molecule has 9 heteroatoms. The molecule has 0 atom stereocenters. The molecule has 0 N–H and O–H groups in total. The predicted molar refractivity (Wildman–Crippen MR) is 113 cm³/mol. The van der Waals surface area contributed by atoms with Crippen molar-refractivity contribution in [2.75, 3.05) is 0 Å². The van der Waals surface area contributed by atoms with Gasteiger partial charge in [-0.3, -0.25) is 9.55 Å². The number of hydrogen-bond donors (Lipinski definition) is 0. The van der Waals surface area contributed by atoms with Crippen molar-refractivity contribution in [2.24, 2.45) is 0 Å². The first kappa shape index (κ1) is 18.5. The van der Waals surface area contributed by atoms with E-state index >= 15 is 0 Å². The minimum absolute atomic E-state index is 0.461. The topological polar surface area (TPSA) is 82.5 Å². The molecule has 0 saturated heterocycles. The predicted octanol–water partition coefficient (Wildman–Crippen LogP) is 4.95. The molecule has 1 fully saturated rings. The van der Waals surface area contributed by atoms with Gasteiger partial charge in [-0.15, -0.1) is 31.7 Å². The summed E-state index contributed by atoms with van der Waals surface area (Å²) in [5.41, 5.74) is 2.26. The zero-order valence-corrected chi connectivity index (χ0v) is 17.8. The minimum atomic E-state index is 0.461. The third kappa shape index (κ3) is 3.72. The first-order valence-corrected chi connectivity index (χ1v) is 11.4. The largest absolute Gasteiger partial charge is 0.419 e. The first-order valence-electron chi connectivity index (χ1n) is 9.63. The van der Waals surface area contributed by atoms with E-state index in [0.717, 1.165) is 40.7 Å². The second-order valence-corrected chi connectivity index (χ2v) is 9.09. The lowest BCUT2D eigenvalue weighted by Gasteiger charge is -2.07. The third-order valence-corrected chi connectivity index (χ3v) is 7.14. The Morgan fingerprint density at radius 2 is 2.14 bits per heavy atom. The van der Waals surface area contributed by atoms with Crippen LogP contribution in [0.3, 0.4) is 0 Å². The minimum Gasteiger partial charge on any atom is -0.419 e. The Morgan fingerprint density at radius 1 is 1.24 bits per heavy atom. The van der Waals surface area contributed by atoms with E-state index in [1.807, 2.05) is 18.3 Å². The Balaban J connectivity index is 1.34. The van der Waals surface area contributed by atoms with Crippen molar-refractivity contribution in [2.45, 2.75) is 50.1 Å². The summed E-state index contributed by atoms with van der Waals surface area (Å²) in [6, 6.07) is 6.52. The van der Waals surface area contributed by atoms with Crippen molar-refractivity contribution in [1.29, 1.82) is 0 Å². The Labute approximate surface area is 176 Å². The summed E-state index contributed by atoms with van der Waals surface area (Å²) in [5, 5.41) is 18.2. The molecule has 0 unspecified atom stereocenters. The number of thiophene rings is 1. The van der Waals surface area contributed by atoms with Gasteiger partial charge in [-0.1, -0.05) is 18.7 Å². The summed E-state index contributed by atoms with van der Waals surface area (Å²) in [5.74, 6) is 2.63. The fraction of sp³-hybridized carbons (Fsp3) is 0.350. The molecule has 0 aromatic carbocycles. The van der Waals surface area contributed by atoms with Crippen molar-refractivity contribution >= 4 is 23.1 Å². The van der Waals surface area contributed by atoms with Crippen LogP contribution in [0.25, 0.3) is 22.2 Å². The Kier molecular flexibility index (Phi) is 4.92. The van der Waals surface area contributed by atoms with Crippen LogP contribution in [0.2, 0.25) is 0 Å². The van der Waals surface area contributed by atoms with Gasteiger partial charge in [0.15, 0.2) is 11.0 Å². The zero-order valence-electron chi connectivity index (χ0n) is 16.2. The van der Waals surface area contributed by atoms with E-state index in [0.29, 0.717) is 23.6 Å². The number of rotatable bonds is 7. The SMILES string of the molecule is CCc1sc(-c2nnc(CSc3nnc(-c4cccnc4)n3C3CC3)o2)cc1C. The van der Waals surface area contributed by atoms with Crippen LogP contribution in [0.4, 0.5) is 0 Å². The van der Waals surface area contributed by atoms with Crippen molar-refractivity contribution < 1.29 is 4.42 Å². The van der Waals surface area contributed by atoms with Crippen LogP contribution in [0.15, 0.2) is 40.2 Å². The van der Waals surface area contributed by atoms with E-state index in [1.54, 1.807) is 29.3 Å². The maximum Gasteiger partial charge on any atom is 0.257 e. The molecule has 0 bridgehead atoms. The van der Waals surface area contributed by atoms with E-state index in [1.165, 1.54) is 10.4 Å². The highest BCUT2D eigenvalue weighted by atomic mass is 32.2. The fourth-order valence-electron chi connectivity index (χ4n) is 3.24. The molecule has 0 amide bonds. The van der Waals surface area contributed by atoms with Crippen LogP contribution in [0.5, 0.6) is 0 Å². The van der Waals surface area contributed by atoms with Crippen LogP contribution >= 0.6 is 23.1 Å². The maximum absolute atomic E-state index is 5.91. The van der Waals surface area contributed by atoms with Crippen LogP contribution in [-0.4, -0.2) is 29.9 Å². The summed E-state index contributed by atoms with van der Waals surface area (Å²) >= 11 is 3.30. The normalized spacial score (nSPS) is 13.9. The molecule has 4 aromatic heterocycles. The highest BCUT2D eigenvalue weighted by Gasteiger charge is 2.30. The lowest BCUT2D eigenvalue weighted by molar-refractivity contribution is 0.529. The number of pyridine rings is 1. The third-order valence-electron chi connectivity index (χ3n) is 4.84. The van der Waals surface area contributed by atoms with Crippen LogP contribution in [-0.2, 0) is 12.2 Å². The number of thioether (sulfide) groups is 1. The van der Waals surface area contributed by atoms with Crippen LogP contribution in [0, 0.1) is 6.92 Å². The maximum atomic E-state index is 5.91. The Bertz CT molecular complexity index is 1130. The average Bonchev–Trinajstić information content (AvgIpc) is 3.15. The van der Waals surface area contributed by atoms with E-state index in [9.17, 15) is 0 Å². The van der Waals surface area contributed by atoms with Gasteiger partial charge in [-0.25, -0.2) is 0 Å². The second kappa shape index (κ2) is 7.72. The van der Waals surface area contributed by atoms with Gasteiger partial charge in [0, 0.05) is 28.9 Å². The number of aromatic nitrogens is 6. The van der Waals surface area contributed by atoms with Gasteiger partial charge >= 0.3 is 0 Å². The summed E-state index contributed by atoms with van der Waals surface area (Å²) in [7, 11) is 0. The molecule has 0 radical (unpaired) electrons. The molecule has 0 spiro atoms. The number of aryl methyl sites for hydroxylation is 2. The smallest absolute Gasteiger partial charge is 0.257 e. The molecule has 7 nitrogen and oxygen atoms in total. The van der Waals surface area contributed by atoms with Crippen molar-refractivity contribution in [3.05, 3.63) is 46.9 Å². The van der Waals surface area contributed by atoms with Gasteiger partial charge < -0.3 is 4.42 Å². The van der Waals surface area contributed by atoms with Gasteiger partial charge in [0.05, 0.1) is 10.6 Å². The van der Waals surface area contributed by atoms with Crippen molar-refractivity contribution in [1.82, 2.24) is 29.9 Å². The van der Waals surface area contributed by atoms with Crippen LogP contribution < -0.4 is 0 Å². The Morgan fingerprint density at radius 3 is 2.86 bits per heavy atom. The fourth-order valence-corrected chi connectivity index (χ4v) is 5.12. The van der Waals surface area contributed by atoms with Gasteiger partial charge in [-0.2, -0.15) is 0 Å². The molecule has 4 heterocycles. The monoisotopic (exact) mass is 424 g/mol. The summed E-state index contributed by atoms with van der Waals surface area (Å²) in [6.45, 7) is 4.28. The Hall–Kier alpha value is -2.52. The van der Waals surface area contributed by atoms with Gasteiger partial charge in [0.2, 0.25) is 5.89 Å². The quantitative estimate of drug-likeness (QED) is 0.388. The second-order valence-electron chi connectivity index (χ2n) is 7.01. The molecule has 1 saturated carbocycles. The molecular formula is C20H20N6OS2. The van der Waals surface area contributed by atoms with Gasteiger partial charge in [0.25, 0.3) is 5.89 Å². The van der Waals surface area contributed by atoms with E-state index in [-0.39, 0.29) is 0 Å². The zero-order chi connectivity index (χ0) is 19.8.